The number of carbonyl (C=O) groups is 2. The van der Waals surface area contributed by atoms with Gasteiger partial charge in [0.15, 0.2) is 0 Å². The quantitative estimate of drug-likeness (QED) is 0.774. The Bertz CT molecular complexity index is 564. The van der Waals surface area contributed by atoms with Crippen molar-refractivity contribution < 1.29 is 9.59 Å². The number of likely N-dealkylation sites (tertiary alicyclic amines) is 1. The molecule has 0 radical (unpaired) electrons. The molecule has 3 amide bonds. The van der Waals surface area contributed by atoms with E-state index in [2.05, 4.69) is 22.6 Å². The van der Waals surface area contributed by atoms with Crippen molar-refractivity contribution in [3.63, 3.8) is 0 Å². The summed E-state index contributed by atoms with van der Waals surface area (Å²) in [6.07, 6.45) is 3.34. The van der Waals surface area contributed by atoms with Crippen LogP contribution in [0.1, 0.15) is 29.6 Å². The molecular formula is C15H21ClN4O2. The van der Waals surface area contributed by atoms with Gasteiger partial charge in [0.25, 0.3) is 0 Å². The molecular weight excluding hydrogens is 304 g/mol. The third-order valence-corrected chi connectivity index (χ3v) is 4.24. The lowest BCUT2D eigenvalue weighted by Crippen LogP contribution is -2.34. The lowest BCUT2D eigenvalue weighted by molar-refractivity contribution is 0.100. The molecule has 0 aliphatic carbocycles. The topological polar surface area (TPSA) is 87.5 Å². The zero-order chi connectivity index (χ0) is 16.1. The van der Waals surface area contributed by atoms with Crippen molar-refractivity contribution in [1.82, 2.24) is 10.2 Å². The van der Waals surface area contributed by atoms with Gasteiger partial charge in [0, 0.05) is 18.3 Å². The Morgan fingerprint density at radius 1 is 1.45 bits per heavy atom. The predicted octanol–water partition coefficient (Wildman–Crippen LogP) is 2.04. The maximum Gasteiger partial charge on any atom is 0.319 e. The number of nitrogens with one attached hydrogen (secondary N) is 2. The summed E-state index contributed by atoms with van der Waals surface area (Å²) in [6.45, 7) is 1.75. The van der Waals surface area contributed by atoms with Crippen molar-refractivity contribution >= 4 is 29.2 Å². The van der Waals surface area contributed by atoms with E-state index in [0.717, 1.165) is 13.0 Å². The summed E-state index contributed by atoms with van der Waals surface area (Å²) in [6, 6.07) is 4.85. The molecule has 1 aromatic rings. The fourth-order valence-corrected chi connectivity index (χ4v) is 2.94. The highest BCUT2D eigenvalue weighted by Crippen LogP contribution is 2.20. The standard InChI is InChI=1S/C15H21ClN4O2/c1-20-8-2-3-11(20)6-7-18-15(22)19-10-4-5-12(14(17)21)13(16)9-10/h4-5,9,11H,2-3,6-8H2,1H3,(H2,17,21)(H2,18,19,22)/t11-/m1/s1. The number of nitrogens with two attached hydrogens (primary N) is 1. The molecule has 0 aromatic heterocycles. The van der Waals surface area contributed by atoms with Crippen molar-refractivity contribution in [2.75, 3.05) is 25.5 Å². The van der Waals surface area contributed by atoms with Gasteiger partial charge in [0.05, 0.1) is 10.6 Å². The summed E-state index contributed by atoms with van der Waals surface area (Å²) in [5.41, 5.74) is 5.93. The number of halogens is 1. The molecule has 0 spiro atoms. The number of benzene rings is 1. The molecule has 1 heterocycles. The summed E-state index contributed by atoms with van der Waals surface area (Å²) in [5.74, 6) is -0.596. The first kappa shape index (κ1) is 16.6. The largest absolute Gasteiger partial charge is 0.366 e. The third-order valence-electron chi connectivity index (χ3n) is 3.93. The summed E-state index contributed by atoms with van der Waals surface area (Å²) in [4.78, 5) is 25.2. The van der Waals surface area contributed by atoms with Crippen LogP contribution in [0.2, 0.25) is 5.02 Å². The lowest BCUT2D eigenvalue weighted by Gasteiger charge is -2.19. The number of nitrogens with zero attached hydrogens (tertiary/aromatic N) is 1. The van der Waals surface area contributed by atoms with E-state index in [4.69, 9.17) is 17.3 Å². The zero-order valence-electron chi connectivity index (χ0n) is 12.6. The number of urea groups is 1. The molecule has 1 atom stereocenters. The van der Waals surface area contributed by atoms with Crippen LogP contribution >= 0.6 is 11.6 Å². The Balaban J connectivity index is 1.79. The van der Waals surface area contributed by atoms with Gasteiger partial charge in [0.2, 0.25) is 5.91 Å². The van der Waals surface area contributed by atoms with Crippen LogP contribution in [0.5, 0.6) is 0 Å². The van der Waals surface area contributed by atoms with Crippen molar-refractivity contribution in [1.29, 1.82) is 0 Å². The first-order chi connectivity index (χ1) is 10.5. The van der Waals surface area contributed by atoms with Gasteiger partial charge in [0.1, 0.15) is 0 Å². The molecule has 1 aromatic carbocycles. The SMILES string of the molecule is CN1CCC[C@@H]1CCNC(=O)Nc1ccc(C(N)=O)c(Cl)c1. The molecule has 0 unspecified atom stereocenters. The van der Waals surface area contributed by atoms with Gasteiger partial charge in [-0.2, -0.15) is 0 Å². The van der Waals surface area contributed by atoms with Crippen molar-refractivity contribution in [2.45, 2.75) is 25.3 Å². The van der Waals surface area contributed by atoms with Crippen LogP contribution in [0, 0.1) is 0 Å². The molecule has 4 N–H and O–H groups in total. The van der Waals surface area contributed by atoms with Crippen LogP contribution in [-0.4, -0.2) is 43.0 Å². The fraction of sp³-hybridized carbons (Fsp3) is 0.467. The minimum absolute atomic E-state index is 0.220. The highest BCUT2D eigenvalue weighted by Gasteiger charge is 2.20. The number of rotatable bonds is 5. The van der Waals surface area contributed by atoms with E-state index in [1.54, 1.807) is 6.07 Å². The second kappa shape index (κ2) is 7.47. The van der Waals surface area contributed by atoms with Crippen molar-refractivity contribution in [2.24, 2.45) is 5.73 Å². The van der Waals surface area contributed by atoms with Gasteiger partial charge < -0.3 is 21.3 Å². The minimum Gasteiger partial charge on any atom is -0.366 e. The Morgan fingerprint density at radius 3 is 2.82 bits per heavy atom. The van der Waals surface area contributed by atoms with Crippen molar-refractivity contribution in [3.8, 4) is 0 Å². The molecule has 1 fully saturated rings. The van der Waals surface area contributed by atoms with Gasteiger partial charge >= 0.3 is 6.03 Å². The molecule has 1 aliphatic heterocycles. The highest BCUT2D eigenvalue weighted by molar-refractivity contribution is 6.34. The van der Waals surface area contributed by atoms with Crippen LogP contribution in [-0.2, 0) is 0 Å². The minimum atomic E-state index is -0.596. The van der Waals surface area contributed by atoms with Gasteiger partial charge in [-0.05, 0) is 51.1 Å². The first-order valence-electron chi connectivity index (χ1n) is 7.32. The number of anilines is 1. The molecule has 22 heavy (non-hydrogen) atoms. The summed E-state index contributed by atoms with van der Waals surface area (Å²) in [5, 5.41) is 5.73. The monoisotopic (exact) mass is 324 g/mol. The maximum absolute atomic E-state index is 11.8. The Hall–Kier alpha value is -1.79. The number of primary amides is 1. The molecule has 0 bridgehead atoms. The zero-order valence-corrected chi connectivity index (χ0v) is 13.3. The average molecular weight is 325 g/mol. The lowest BCUT2D eigenvalue weighted by atomic mass is 10.1. The highest BCUT2D eigenvalue weighted by atomic mass is 35.5. The molecule has 6 nitrogen and oxygen atoms in total. The number of hydrogen-bond acceptors (Lipinski definition) is 3. The Labute approximate surface area is 135 Å². The summed E-state index contributed by atoms with van der Waals surface area (Å²) < 4.78 is 0. The number of amides is 3. The Morgan fingerprint density at radius 2 is 2.23 bits per heavy atom. The van der Waals surface area contributed by atoms with E-state index in [1.165, 1.54) is 25.0 Å². The second-order valence-electron chi connectivity index (χ2n) is 5.51. The molecule has 1 saturated heterocycles. The summed E-state index contributed by atoms with van der Waals surface area (Å²) in [7, 11) is 2.11. The predicted molar refractivity (Wildman–Crippen MR) is 87.3 cm³/mol. The van der Waals surface area contributed by atoms with E-state index in [1.807, 2.05) is 0 Å². The second-order valence-corrected chi connectivity index (χ2v) is 5.91. The smallest absolute Gasteiger partial charge is 0.319 e. The van der Waals surface area contributed by atoms with Gasteiger partial charge in [-0.15, -0.1) is 0 Å². The normalized spacial score (nSPS) is 18.2. The van der Waals surface area contributed by atoms with Crippen LogP contribution < -0.4 is 16.4 Å². The van der Waals surface area contributed by atoms with Gasteiger partial charge in [-0.3, -0.25) is 4.79 Å². The maximum atomic E-state index is 11.8. The van der Waals surface area contributed by atoms with Crippen LogP contribution in [0.4, 0.5) is 10.5 Å². The Kier molecular flexibility index (Phi) is 5.63. The fourth-order valence-electron chi connectivity index (χ4n) is 2.66. The number of hydrogen-bond donors (Lipinski definition) is 3. The van der Waals surface area contributed by atoms with Crippen LogP contribution in [0.15, 0.2) is 18.2 Å². The third kappa shape index (κ3) is 4.35. The molecule has 2 rings (SSSR count). The van der Waals surface area contributed by atoms with Crippen LogP contribution in [0.3, 0.4) is 0 Å². The van der Waals surface area contributed by atoms with E-state index >= 15 is 0 Å². The van der Waals surface area contributed by atoms with Crippen molar-refractivity contribution in [3.05, 3.63) is 28.8 Å². The molecule has 7 heteroatoms. The molecule has 1 aliphatic rings. The van der Waals surface area contributed by atoms with Gasteiger partial charge in [-0.25, -0.2) is 4.79 Å². The van der Waals surface area contributed by atoms with E-state index < -0.39 is 5.91 Å². The average Bonchev–Trinajstić information content (AvgIpc) is 2.84. The van der Waals surface area contributed by atoms with E-state index in [9.17, 15) is 9.59 Å². The van der Waals surface area contributed by atoms with Crippen LogP contribution in [0.25, 0.3) is 0 Å². The van der Waals surface area contributed by atoms with Gasteiger partial charge in [-0.1, -0.05) is 11.6 Å². The number of carbonyl (C=O) groups excluding carboxylic acids is 2. The van der Waals surface area contributed by atoms with E-state index in [-0.39, 0.29) is 16.6 Å². The molecule has 0 saturated carbocycles. The van der Waals surface area contributed by atoms with E-state index in [0.29, 0.717) is 18.3 Å². The summed E-state index contributed by atoms with van der Waals surface area (Å²) >= 11 is 5.94. The molecule has 120 valence electrons. The first-order valence-corrected chi connectivity index (χ1v) is 7.69.